The van der Waals surface area contributed by atoms with Crippen molar-refractivity contribution in [3.8, 4) is 0 Å². The van der Waals surface area contributed by atoms with E-state index in [-0.39, 0.29) is 18.0 Å². The monoisotopic (exact) mass is 240 g/mol. The molecule has 0 aromatic heterocycles. The minimum atomic E-state index is -0.424. The van der Waals surface area contributed by atoms with Crippen LogP contribution in [0.3, 0.4) is 0 Å². The Morgan fingerprint density at radius 2 is 2.24 bits per heavy atom. The average molecular weight is 240 g/mol. The molecule has 17 heavy (non-hydrogen) atoms. The first-order valence-corrected chi connectivity index (χ1v) is 5.56. The predicted molar refractivity (Wildman–Crippen MR) is 65.2 cm³/mol. The topological polar surface area (TPSA) is 64.3 Å². The molecule has 0 atom stereocenters. The molecule has 0 saturated carbocycles. The molecule has 0 aliphatic carbocycles. The number of rotatable bonds is 6. The number of ether oxygens (including phenoxy) is 1. The molecule has 1 amide bonds. The van der Waals surface area contributed by atoms with Crippen molar-refractivity contribution in [1.29, 1.82) is 0 Å². The van der Waals surface area contributed by atoms with E-state index in [0.717, 1.165) is 6.42 Å². The van der Waals surface area contributed by atoms with Gasteiger partial charge in [0.15, 0.2) is 0 Å². The average Bonchev–Trinajstić information content (AvgIpc) is 2.28. The fourth-order valence-corrected chi connectivity index (χ4v) is 1.27. The Balaban J connectivity index is 2.40. The fraction of sp³-hybridized carbons (Fsp3) is 0.417. The van der Waals surface area contributed by atoms with Crippen LogP contribution in [0, 0.1) is 5.82 Å². The highest BCUT2D eigenvalue weighted by molar-refractivity contribution is 5.93. The number of halogens is 1. The van der Waals surface area contributed by atoms with E-state index in [0.29, 0.717) is 18.9 Å². The number of anilines is 2. The minimum absolute atomic E-state index is 0.195. The molecule has 1 aromatic rings. The van der Waals surface area contributed by atoms with E-state index in [2.05, 4.69) is 5.32 Å². The zero-order chi connectivity index (χ0) is 12.7. The lowest BCUT2D eigenvalue weighted by atomic mass is 10.2. The van der Waals surface area contributed by atoms with Crippen LogP contribution in [0.2, 0.25) is 0 Å². The molecule has 0 fully saturated rings. The van der Waals surface area contributed by atoms with Crippen molar-refractivity contribution >= 4 is 17.3 Å². The first-order valence-electron chi connectivity index (χ1n) is 5.56. The van der Waals surface area contributed by atoms with Crippen LogP contribution in [-0.4, -0.2) is 19.1 Å². The van der Waals surface area contributed by atoms with Gasteiger partial charge in [-0.3, -0.25) is 4.79 Å². The molecule has 1 aromatic carbocycles. The predicted octanol–water partition coefficient (Wildman–Crippen LogP) is 2.16. The summed E-state index contributed by atoms with van der Waals surface area (Å²) in [6.45, 7) is 3.02. The molecule has 94 valence electrons. The van der Waals surface area contributed by atoms with Gasteiger partial charge in [-0.05, 0) is 24.6 Å². The Morgan fingerprint density at radius 1 is 1.47 bits per heavy atom. The second-order valence-electron chi connectivity index (χ2n) is 3.64. The highest BCUT2D eigenvalue weighted by Gasteiger charge is 2.05. The van der Waals surface area contributed by atoms with Crippen LogP contribution in [0.5, 0.6) is 0 Å². The summed E-state index contributed by atoms with van der Waals surface area (Å²) < 4.78 is 17.9. The van der Waals surface area contributed by atoms with E-state index in [1.165, 1.54) is 18.2 Å². The summed E-state index contributed by atoms with van der Waals surface area (Å²) in [5, 5.41) is 2.60. The largest absolute Gasteiger partial charge is 0.397 e. The molecule has 4 nitrogen and oxygen atoms in total. The van der Waals surface area contributed by atoms with Crippen molar-refractivity contribution in [2.24, 2.45) is 0 Å². The summed E-state index contributed by atoms with van der Waals surface area (Å²) in [5.74, 6) is -0.619. The van der Waals surface area contributed by atoms with Crippen molar-refractivity contribution in [3.63, 3.8) is 0 Å². The van der Waals surface area contributed by atoms with Crippen molar-refractivity contribution in [3.05, 3.63) is 24.0 Å². The van der Waals surface area contributed by atoms with Gasteiger partial charge in [0.05, 0.1) is 24.4 Å². The number of nitrogen functional groups attached to an aromatic ring is 1. The van der Waals surface area contributed by atoms with Gasteiger partial charge in [-0.2, -0.15) is 0 Å². The van der Waals surface area contributed by atoms with Crippen molar-refractivity contribution in [2.45, 2.75) is 19.8 Å². The number of benzene rings is 1. The Hall–Kier alpha value is -1.62. The van der Waals surface area contributed by atoms with Gasteiger partial charge in [-0.15, -0.1) is 0 Å². The second kappa shape index (κ2) is 6.85. The van der Waals surface area contributed by atoms with Gasteiger partial charge in [0.1, 0.15) is 5.82 Å². The molecular formula is C12H17FN2O2. The third-order valence-electron chi connectivity index (χ3n) is 2.11. The Labute approximate surface area is 100.0 Å². The number of nitrogens with two attached hydrogens (primary N) is 1. The third kappa shape index (κ3) is 4.82. The highest BCUT2D eigenvalue weighted by Crippen LogP contribution is 2.19. The number of carbonyl (C=O) groups excluding carboxylic acids is 1. The highest BCUT2D eigenvalue weighted by atomic mass is 19.1. The quantitative estimate of drug-likeness (QED) is 0.591. The second-order valence-corrected chi connectivity index (χ2v) is 3.64. The van der Waals surface area contributed by atoms with E-state index < -0.39 is 5.82 Å². The molecule has 0 spiro atoms. The van der Waals surface area contributed by atoms with Gasteiger partial charge in [0, 0.05) is 6.61 Å². The summed E-state index contributed by atoms with van der Waals surface area (Å²) in [6, 6.07) is 3.86. The van der Waals surface area contributed by atoms with Crippen LogP contribution < -0.4 is 11.1 Å². The normalized spacial score (nSPS) is 10.2. The van der Waals surface area contributed by atoms with Crippen LogP contribution in [0.4, 0.5) is 15.8 Å². The van der Waals surface area contributed by atoms with Gasteiger partial charge in [-0.1, -0.05) is 6.92 Å². The van der Waals surface area contributed by atoms with Crippen molar-refractivity contribution in [1.82, 2.24) is 0 Å². The smallest absolute Gasteiger partial charge is 0.226 e. The lowest BCUT2D eigenvalue weighted by molar-refractivity contribution is -0.117. The van der Waals surface area contributed by atoms with Crippen molar-refractivity contribution < 1.29 is 13.9 Å². The first-order chi connectivity index (χ1) is 8.13. The van der Waals surface area contributed by atoms with Gasteiger partial charge in [0.2, 0.25) is 5.91 Å². The van der Waals surface area contributed by atoms with Crippen LogP contribution in [0.1, 0.15) is 19.8 Å². The molecule has 0 aliphatic heterocycles. The van der Waals surface area contributed by atoms with Gasteiger partial charge in [-0.25, -0.2) is 4.39 Å². The molecular weight excluding hydrogens is 223 g/mol. The molecule has 0 radical (unpaired) electrons. The molecule has 5 heteroatoms. The number of hydrogen-bond acceptors (Lipinski definition) is 3. The van der Waals surface area contributed by atoms with E-state index in [1.807, 2.05) is 6.92 Å². The summed E-state index contributed by atoms with van der Waals surface area (Å²) in [7, 11) is 0. The van der Waals surface area contributed by atoms with E-state index >= 15 is 0 Å². The van der Waals surface area contributed by atoms with E-state index in [1.54, 1.807) is 0 Å². The molecule has 1 rings (SSSR count). The van der Waals surface area contributed by atoms with Crippen LogP contribution in [0.25, 0.3) is 0 Å². The zero-order valence-corrected chi connectivity index (χ0v) is 9.83. The SMILES string of the molecule is CCCOCCC(=O)Nc1ccc(F)cc1N. The summed E-state index contributed by atoms with van der Waals surface area (Å²) in [4.78, 5) is 11.5. The lowest BCUT2D eigenvalue weighted by Crippen LogP contribution is -2.15. The van der Waals surface area contributed by atoms with Crippen molar-refractivity contribution in [2.75, 3.05) is 24.3 Å². The van der Waals surface area contributed by atoms with Crippen LogP contribution in [0.15, 0.2) is 18.2 Å². The maximum Gasteiger partial charge on any atom is 0.226 e. The summed E-state index contributed by atoms with van der Waals surface area (Å²) in [5.41, 5.74) is 6.20. The number of hydrogen-bond donors (Lipinski definition) is 2. The summed E-state index contributed by atoms with van der Waals surface area (Å²) >= 11 is 0. The van der Waals surface area contributed by atoms with E-state index in [4.69, 9.17) is 10.5 Å². The molecule has 0 aliphatic rings. The standard InChI is InChI=1S/C12H17FN2O2/c1-2-6-17-7-5-12(16)15-11-4-3-9(13)8-10(11)14/h3-4,8H,2,5-7,14H2,1H3,(H,15,16). The fourth-order valence-electron chi connectivity index (χ4n) is 1.27. The number of carbonyl (C=O) groups is 1. The zero-order valence-electron chi connectivity index (χ0n) is 9.83. The molecule has 0 saturated heterocycles. The lowest BCUT2D eigenvalue weighted by Gasteiger charge is -2.08. The summed E-state index contributed by atoms with van der Waals surface area (Å²) in [6.07, 6.45) is 1.18. The Kier molecular flexibility index (Phi) is 5.42. The Bertz CT molecular complexity index is 383. The molecule has 0 heterocycles. The molecule has 0 bridgehead atoms. The van der Waals surface area contributed by atoms with Crippen LogP contribution >= 0.6 is 0 Å². The van der Waals surface area contributed by atoms with Gasteiger partial charge in [0.25, 0.3) is 0 Å². The number of nitrogens with one attached hydrogen (secondary N) is 1. The Morgan fingerprint density at radius 3 is 2.88 bits per heavy atom. The first kappa shape index (κ1) is 13.4. The van der Waals surface area contributed by atoms with Gasteiger partial charge >= 0.3 is 0 Å². The molecule has 0 unspecified atom stereocenters. The van der Waals surface area contributed by atoms with Gasteiger partial charge < -0.3 is 15.8 Å². The maximum absolute atomic E-state index is 12.8. The minimum Gasteiger partial charge on any atom is -0.397 e. The molecule has 3 N–H and O–H groups in total. The maximum atomic E-state index is 12.8. The van der Waals surface area contributed by atoms with Crippen LogP contribution in [-0.2, 0) is 9.53 Å². The van der Waals surface area contributed by atoms with E-state index in [9.17, 15) is 9.18 Å². The number of amides is 1. The third-order valence-corrected chi connectivity index (χ3v) is 2.11.